The van der Waals surface area contributed by atoms with Crippen LogP contribution in [-0.4, -0.2) is 75.1 Å². The molecule has 1 fully saturated rings. The van der Waals surface area contributed by atoms with Gasteiger partial charge in [0.25, 0.3) is 11.8 Å². The Labute approximate surface area is 195 Å². The lowest BCUT2D eigenvalue weighted by Crippen LogP contribution is -2.51. The number of hydrogen-bond donors (Lipinski definition) is 0. The monoisotopic (exact) mass is 467 g/mol. The van der Waals surface area contributed by atoms with E-state index in [0.29, 0.717) is 48.1 Å². The number of carbonyl (C=O) groups is 3. The Balaban J connectivity index is 1.34. The third-order valence-corrected chi connectivity index (χ3v) is 6.28. The highest BCUT2D eigenvalue weighted by Gasteiger charge is 2.27. The molecule has 0 bridgehead atoms. The van der Waals surface area contributed by atoms with Crippen molar-refractivity contribution >= 4 is 29.1 Å². The van der Waals surface area contributed by atoms with Crippen molar-refractivity contribution in [3.63, 3.8) is 0 Å². The highest BCUT2D eigenvalue weighted by molar-refractivity contribution is 7.12. The summed E-state index contributed by atoms with van der Waals surface area (Å²) >= 11 is 1.40. The van der Waals surface area contributed by atoms with Crippen molar-refractivity contribution in [1.29, 1.82) is 0 Å². The molecule has 3 aromatic heterocycles. The summed E-state index contributed by atoms with van der Waals surface area (Å²) in [6.45, 7) is 5.26. The number of aromatic nitrogens is 3. The van der Waals surface area contributed by atoms with Gasteiger partial charge in [0.1, 0.15) is 5.56 Å². The summed E-state index contributed by atoms with van der Waals surface area (Å²) in [7, 11) is 0. The van der Waals surface area contributed by atoms with E-state index in [1.807, 2.05) is 31.4 Å². The topological polar surface area (TPSA) is 97.6 Å². The standard InChI is InChI=1S/C23H25N5O4S/c1-16(2)21-17(14-25-28(21)19-7-3-4-8-24-19)23(31)32-15-20(29)26-9-11-27(12-10-26)22(30)18-6-5-13-33-18/h3-8,13-14,16H,9-12,15H2,1-2H3. The van der Waals surface area contributed by atoms with Crippen molar-refractivity contribution in [2.24, 2.45) is 0 Å². The molecule has 0 atom stereocenters. The van der Waals surface area contributed by atoms with E-state index in [4.69, 9.17) is 4.74 Å². The minimum absolute atomic E-state index is 0.0123. The van der Waals surface area contributed by atoms with Crippen molar-refractivity contribution in [3.05, 3.63) is 64.2 Å². The predicted molar refractivity (Wildman–Crippen MR) is 123 cm³/mol. The van der Waals surface area contributed by atoms with Crippen molar-refractivity contribution in [3.8, 4) is 5.82 Å². The summed E-state index contributed by atoms with van der Waals surface area (Å²) in [5.74, 6) is -0.307. The van der Waals surface area contributed by atoms with Gasteiger partial charge in [0.15, 0.2) is 12.4 Å². The molecule has 4 rings (SSSR count). The van der Waals surface area contributed by atoms with Crippen LogP contribution in [0.2, 0.25) is 0 Å². The highest BCUT2D eigenvalue weighted by Crippen LogP contribution is 2.23. The molecule has 3 aromatic rings. The van der Waals surface area contributed by atoms with Crippen LogP contribution < -0.4 is 0 Å². The third-order valence-electron chi connectivity index (χ3n) is 5.42. The molecule has 1 saturated heterocycles. The summed E-state index contributed by atoms with van der Waals surface area (Å²) in [6.07, 6.45) is 3.11. The van der Waals surface area contributed by atoms with Gasteiger partial charge in [-0.3, -0.25) is 9.59 Å². The van der Waals surface area contributed by atoms with E-state index in [0.717, 1.165) is 0 Å². The number of thiophene rings is 1. The van der Waals surface area contributed by atoms with Crippen LogP contribution in [0.4, 0.5) is 0 Å². The second-order valence-electron chi connectivity index (χ2n) is 7.92. The smallest absolute Gasteiger partial charge is 0.342 e. The van der Waals surface area contributed by atoms with Gasteiger partial charge in [0.2, 0.25) is 0 Å². The number of piperazine rings is 1. The fraction of sp³-hybridized carbons (Fsp3) is 0.348. The van der Waals surface area contributed by atoms with Gasteiger partial charge in [0.05, 0.1) is 16.8 Å². The lowest BCUT2D eigenvalue weighted by molar-refractivity contribution is -0.136. The van der Waals surface area contributed by atoms with Crippen molar-refractivity contribution in [1.82, 2.24) is 24.6 Å². The quantitative estimate of drug-likeness (QED) is 0.517. The molecule has 9 nitrogen and oxygen atoms in total. The molecule has 2 amide bonds. The van der Waals surface area contributed by atoms with Crippen molar-refractivity contribution in [2.75, 3.05) is 32.8 Å². The molecule has 33 heavy (non-hydrogen) atoms. The second kappa shape index (κ2) is 9.95. The molecule has 0 saturated carbocycles. The van der Waals surface area contributed by atoms with Gasteiger partial charge in [-0.2, -0.15) is 5.10 Å². The van der Waals surface area contributed by atoms with E-state index < -0.39 is 5.97 Å². The van der Waals surface area contributed by atoms with Crippen LogP contribution >= 0.6 is 11.3 Å². The summed E-state index contributed by atoms with van der Waals surface area (Å²) in [5.41, 5.74) is 0.988. The fourth-order valence-electron chi connectivity index (χ4n) is 3.74. The molecule has 0 N–H and O–H groups in total. The van der Waals surface area contributed by atoms with Gasteiger partial charge in [-0.1, -0.05) is 26.0 Å². The van der Waals surface area contributed by atoms with Crippen LogP contribution in [0.25, 0.3) is 5.82 Å². The second-order valence-corrected chi connectivity index (χ2v) is 8.87. The van der Waals surface area contributed by atoms with Gasteiger partial charge < -0.3 is 14.5 Å². The minimum Gasteiger partial charge on any atom is -0.452 e. The molecular weight excluding hydrogens is 442 g/mol. The van der Waals surface area contributed by atoms with E-state index in [9.17, 15) is 14.4 Å². The van der Waals surface area contributed by atoms with E-state index in [-0.39, 0.29) is 24.3 Å². The van der Waals surface area contributed by atoms with Gasteiger partial charge >= 0.3 is 5.97 Å². The van der Waals surface area contributed by atoms with Gasteiger partial charge in [-0.25, -0.2) is 14.5 Å². The van der Waals surface area contributed by atoms with E-state index in [1.165, 1.54) is 17.5 Å². The van der Waals surface area contributed by atoms with E-state index in [1.54, 1.807) is 38.9 Å². The van der Waals surface area contributed by atoms with Gasteiger partial charge in [-0.15, -0.1) is 11.3 Å². The Morgan fingerprint density at radius 2 is 1.82 bits per heavy atom. The Bertz CT molecular complexity index is 1120. The number of carbonyl (C=O) groups excluding carboxylic acids is 3. The van der Waals surface area contributed by atoms with Crippen molar-refractivity contribution in [2.45, 2.75) is 19.8 Å². The number of ether oxygens (including phenoxy) is 1. The zero-order valence-electron chi connectivity index (χ0n) is 18.5. The number of amides is 2. The maximum atomic E-state index is 12.8. The van der Waals surface area contributed by atoms with E-state index in [2.05, 4.69) is 10.1 Å². The van der Waals surface area contributed by atoms with Gasteiger partial charge in [0, 0.05) is 32.4 Å². The Hall–Kier alpha value is -3.53. The SMILES string of the molecule is CC(C)c1c(C(=O)OCC(=O)N2CCN(C(=O)c3cccs3)CC2)cnn1-c1ccccn1. The highest BCUT2D eigenvalue weighted by atomic mass is 32.1. The molecule has 10 heteroatoms. The summed E-state index contributed by atoms with van der Waals surface area (Å²) in [6, 6.07) is 9.10. The number of esters is 1. The Morgan fingerprint density at radius 3 is 2.45 bits per heavy atom. The van der Waals surface area contributed by atoms with Crippen LogP contribution in [0.1, 0.15) is 45.5 Å². The van der Waals surface area contributed by atoms with Gasteiger partial charge in [-0.05, 0) is 29.5 Å². The first-order chi connectivity index (χ1) is 16.0. The average Bonchev–Trinajstić information content (AvgIpc) is 3.53. The maximum Gasteiger partial charge on any atom is 0.342 e. The minimum atomic E-state index is -0.597. The molecule has 0 radical (unpaired) electrons. The van der Waals surface area contributed by atoms with Crippen LogP contribution in [0.5, 0.6) is 0 Å². The molecule has 0 spiro atoms. The zero-order chi connectivity index (χ0) is 23.4. The zero-order valence-corrected chi connectivity index (χ0v) is 19.3. The number of hydrogen-bond acceptors (Lipinski definition) is 7. The molecule has 1 aliphatic rings. The third kappa shape index (κ3) is 4.95. The predicted octanol–water partition coefficient (Wildman–Crippen LogP) is 2.59. The molecule has 172 valence electrons. The first kappa shape index (κ1) is 22.7. The molecule has 0 unspecified atom stereocenters. The average molecular weight is 468 g/mol. The molecule has 0 aromatic carbocycles. The largest absolute Gasteiger partial charge is 0.452 e. The van der Waals surface area contributed by atoms with Crippen LogP contribution in [0.3, 0.4) is 0 Å². The number of pyridine rings is 1. The van der Waals surface area contributed by atoms with Crippen LogP contribution in [-0.2, 0) is 9.53 Å². The molecule has 4 heterocycles. The van der Waals surface area contributed by atoms with Crippen LogP contribution in [0.15, 0.2) is 48.1 Å². The summed E-state index contributed by atoms with van der Waals surface area (Å²) < 4.78 is 6.95. The lowest BCUT2D eigenvalue weighted by atomic mass is 10.1. The Morgan fingerprint density at radius 1 is 1.06 bits per heavy atom. The van der Waals surface area contributed by atoms with Crippen LogP contribution in [0, 0.1) is 0 Å². The number of rotatable bonds is 6. The number of nitrogens with zero attached hydrogens (tertiary/aromatic N) is 5. The maximum absolute atomic E-state index is 12.8. The van der Waals surface area contributed by atoms with E-state index >= 15 is 0 Å². The fourth-order valence-corrected chi connectivity index (χ4v) is 4.43. The molecular formula is C23H25N5O4S. The van der Waals surface area contributed by atoms with Crippen molar-refractivity contribution < 1.29 is 19.1 Å². The Kier molecular flexibility index (Phi) is 6.83. The summed E-state index contributed by atoms with van der Waals surface area (Å²) in [5, 5.41) is 6.18. The normalized spacial score (nSPS) is 13.9. The molecule has 1 aliphatic heterocycles. The first-order valence-corrected chi connectivity index (χ1v) is 11.6. The first-order valence-electron chi connectivity index (χ1n) is 10.7. The lowest BCUT2D eigenvalue weighted by Gasteiger charge is -2.34. The summed E-state index contributed by atoms with van der Waals surface area (Å²) in [4.78, 5) is 46.2. The molecule has 0 aliphatic carbocycles.